The molecule has 3 heterocycles. The number of benzene rings is 2. The van der Waals surface area contributed by atoms with Crippen LogP contribution in [0.4, 0.5) is 5.69 Å². The van der Waals surface area contributed by atoms with Gasteiger partial charge in [0, 0.05) is 56.7 Å². The maximum atomic E-state index is 13.5. The fourth-order valence-electron chi connectivity index (χ4n) is 5.21. The average Bonchev–Trinajstić information content (AvgIpc) is 3.14. The molecular formula is C28H26Cl3N3O. The first-order valence-electron chi connectivity index (χ1n) is 11.7. The fraction of sp³-hybridized carbons (Fsp3) is 0.286. The van der Waals surface area contributed by atoms with Crippen molar-refractivity contribution in [2.24, 2.45) is 0 Å². The van der Waals surface area contributed by atoms with Crippen LogP contribution in [-0.4, -0.2) is 42.0 Å². The van der Waals surface area contributed by atoms with E-state index in [0.717, 1.165) is 49.4 Å². The highest BCUT2D eigenvalue weighted by atomic mass is 35.5. The highest BCUT2D eigenvalue weighted by Crippen LogP contribution is 2.48. The highest BCUT2D eigenvalue weighted by Gasteiger charge is 2.46. The smallest absolute Gasteiger partial charge is 0.258 e. The second-order valence-corrected chi connectivity index (χ2v) is 10.7. The molecule has 1 aromatic heterocycles. The fourth-order valence-corrected chi connectivity index (χ4v) is 5.86. The van der Waals surface area contributed by atoms with Gasteiger partial charge in [-0.3, -0.25) is 14.7 Å². The number of anilines is 1. The topological polar surface area (TPSA) is 36.4 Å². The van der Waals surface area contributed by atoms with Gasteiger partial charge >= 0.3 is 0 Å². The Morgan fingerprint density at radius 1 is 1.03 bits per heavy atom. The first kappa shape index (κ1) is 24.3. The first-order chi connectivity index (χ1) is 16.8. The summed E-state index contributed by atoms with van der Waals surface area (Å²) in [5.41, 5.74) is 4.54. The number of halogens is 3. The number of piperidine rings is 1. The van der Waals surface area contributed by atoms with E-state index < -0.39 is 0 Å². The molecule has 0 bridgehead atoms. The summed E-state index contributed by atoms with van der Waals surface area (Å²) < 4.78 is 0. The Morgan fingerprint density at radius 3 is 2.51 bits per heavy atom. The van der Waals surface area contributed by atoms with E-state index in [9.17, 15) is 4.79 Å². The summed E-state index contributed by atoms with van der Waals surface area (Å²) in [5.74, 6) is 0.0150. The first-order valence-corrected chi connectivity index (χ1v) is 12.9. The second-order valence-electron chi connectivity index (χ2n) is 9.39. The third kappa shape index (κ3) is 4.99. The highest BCUT2D eigenvalue weighted by molar-refractivity contribution is 6.35. The van der Waals surface area contributed by atoms with Gasteiger partial charge in [-0.1, -0.05) is 53.0 Å². The molecule has 7 heteroatoms. The zero-order chi connectivity index (χ0) is 24.6. The van der Waals surface area contributed by atoms with Crippen molar-refractivity contribution >= 4 is 52.5 Å². The van der Waals surface area contributed by atoms with Crippen LogP contribution in [-0.2, 0) is 5.41 Å². The second kappa shape index (κ2) is 9.94. The maximum absolute atomic E-state index is 13.5. The van der Waals surface area contributed by atoms with E-state index in [1.54, 1.807) is 18.3 Å². The Bertz CT molecular complexity index is 1300. The number of amides is 1. The van der Waals surface area contributed by atoms with Crippen molar-refractivity contribution < 1.29 is 4.79 Å². The van der Waals surface area contributed by atoms with Crippen LogP contribution in [0, 0.1) is 6.92 Å². The summed E-state index contributed by atoms with van der Waals surface area (Å²) in [6, 6.07) is 15.1. The molecule has 2 aliphatic rings. The molecule has 0 atom stereocenters. The van der Waals surface area contributed by atoms with E-state index in [4.69, 9.17) is 34.8 Å². The molecule has 0 radical (unpaired) electrons. The van der Waals surface area contributed by atoms with Gasteiger partial charge in [0.15, 0.2) is 0 Å². The number of hydrogen-bond acceptors (Lipinski definition) is 3. The number of likely N-dealkylation sites (tertiary alicyclic amines) is 1. The number of aromatic nitrogens is 1. The lowest BCUT2D eigenvalue weighted by Crippen LogP contribution is -2.46. The lowest BCUT2D eigenvalue weighted by Gasteiger charge is -2.39. The zero-order valence-electron chi connectivity index (χ0n) is 19.5. The third-order valence-corrected chi connectivity index (χ3v) is 7.90. The predicted octanol–water partition coefficient (Wildman–Crippen LogP) is 7.06. The summed E-state index contributed by atoms with van der Waals surface area (Å²) in [4.78, 5) is 22.1. The summed E-state index contributed by atoms with van der Waals surface area (Å²) >= 11 is 18.7. The minimum atomic E-state index is -0.0856. The number of aryl methyl sites for hydroxylation is 1. The number of rotatable bonds is 4. The van der Waals surface area contributed by atoms with Crippen LogP contribution >= 0.6 is 34.8 Å². The molecule has 0 N–H and O–H groups in total. The molecule has 1 fully saturated rings. The lowest BCUT2D eigenvalue weighted by molar-refractivity contribution is 0.0977. The van der Waals surface area contributed by atoms with Crippen molar-refractivity contribution in [2.75, 3.05) is 31.1 Å². The number of carbonyl (C=O) groups is 1. The summed E-state index contributed by atoms with van der Waals surface area (Å²) in [6.07, 6.45) is 7.82. The molecule has 0 aliphatic carbocycles. The van der Waals surface area contributed by atoms with Crippen molar-refractivity contribution in [2.45, 2.75) is 25.2 Å². The quantitative estimate of drug-likeness (QED) is 0.365. The third-order valence-electron chi connectivity index (χ3n) is 7.11. The minimum absolute atomic E-state index is 0.0150. The Balaban J connectivity index is 1.31. The van der Waals surface area contributed by atoms with Crippen LogP contribution in [0.1, 0.15) is 40.0 Å². The molecule has 0 unspecified atom stereocenters. The Labute approximate surface area is 221 Å². The number of nitrogens with zero attached hydrogens (tertiary/aromatic N) is 3. The van der Waals surface area contributed by atoms with Crippen LogP contribution in [0.15, 0.2) is 60.8 Å². The average molecular weight is 527 g/mol. The lowest BCUT2D eigenvalue weighted by atomic mass is 9.74. The minimum Gasteiger partial charge on any atom is -0.307 e. The van der Waals surface area contributed by atoms with Crippen molar-refractivity contribution in [3.05, 3.63) is 98.3 Å². The van der Waals surface area contributed by atoms with Gasteiger partial charge in [-0.2, -0.15) is 0 Å². The van der Waals surface area contributed by atoms with E-state index >= 15 is 0 Å². The SMILES string of the molecule is Cc1cc(C(=O)N2CC3(CCN(C/C=C/c4ccc(Cl)cc4Cl)CC3)c3cc(Cl)ccc32)ccn1. The van der Waals surface area contributed by atoms with Gasteiger partial charge in [0.25, 0.3) is 5.91 Å². The summed E-state index contributed by atoms with van der Waals surface area (Å²) in [5, 5.41) is 2.00. The van der Waals surface area contributed by atoms with Crippen LogP contribution in [0.25, 0.3) is 6.08 Å². The van der Waals surface area contributed by atoms with Crippen molar-refractivity contribution in [3.8, 4) is 0 Å². The van der Waals surface area contributed by atoms with E-state index in [-0.39, 0.29) is 11.3 Å². The molecule has 1 amide bonds. The molecule has 2 aliphatic heterocycles. The summed E-state index contributed by atoms with van der Waals surface area (Å²) in [6.45, 7) is 5.31. The normalized spacial score (nSPS) is 17.3. The molecule has 2 aromatic carbocycles. The largest absolute Gasteiger partial charge is 0.307 e. The number of fused-ring (bicyclic) bond motifs is 2. The van der Waals surface area contributed by atoms with Gasteiger partial charge < -0.3 is 4.90 Å². The molecule has 1 saturated heterocycles. The van der Waals surface area contributed by atoms with Crippen molar-refractivity contribution in [1.29, 1.82) is 0 Å². The van der Waals surface area contributed by atoms with Crippen LogP contribution in [0.2, 0.25) is 15.1 Å². The number of carbonyl (C=O) groups excluding carboxylic acids is 1. The van der Waals surface area contributed by atoms with Gasteiger partial charge in [-0.05, 0) is 86.4 Å². The molecule has 4 nitrogen and oxygen atoms in total. The Morgan fingerprint density at radius 2 is 1.77 bits per heavy atom. The van der Waals surface area contributed by atoms with Crippen LogP contribution in [0.3, 0.4) is 0 Å². The van der Waals surface area contributed by atoms with Crippen molar-refractivity contribution in [1.82, 2.24) is 9.88 Å². The van der Waals surface area contributed by atoms with Crippen LogP contribution < -0.4 is 4.90 Å². The number of hydrogen-bond donors (Lipinski definition) is 0. The van der Waals surface area contributed by atoms with Gasteiger partial charge in [-0.25, -0.2) is 0 Å². The van der Waals surface area contributed by atoms with Crippen LogP contribution in [0.5, 0.6) is 0 Å². The zero-order valence-corrected chi connectivity index (χ0v) is 21.7. The van der Waals surface area contributed by atoms with E-state index in [1.807, 2.05) is 48.2 Å². The van der Waals surface area contributed by atoms with E-state index in [2.05, 4.69) is 22.0 Å². The molecule has 35 heavy (non-hydrogen) atoms. The Hall–Kier alpha value is -2.37. The standard InChI is InChI=1S/C28H26Cl3N3O/c1-19-15-21(8-11-32-19)27(35)34-18-28(24-16-22(29)6-7-26(24)34)9-13-33(14-10-28)12-2-3-20-4-5-23(30)17-25(20)31/h2-8,11,15-17H,9-10,12-14,18H2,1H3/b3-2+. The number of pyridine rings is 1. The molecule has 5 rings (SSSR count). The van der Waals surface area contributed by atoms with E-state index in [0.29, 0.717) is 27.2 Å². The molecular weight excluding hydrogens is 501 g/mol. The molecule has 3 aromatic rings. The Kier molecular flexibility index (Phi) is 6.91. The van der Waals surface area contributed by atoms with Gasteiger partial charge in [0.1, 0.15) is 0 Å². The summed E-state index contributed by atoms with van der Waals surface area (Å²) in [7, 11) is 0. The predicted molar refractivity (Wildman–Crippen MR) is 145 cm³/mol. The maximum Gasteiger partial charge on any atom is 0.258 e. The molecule has 0 saturated carbocycles. The monoisotopic (exact) mass is 525 g/mol. The molecule has 180 valence electrons. The van der Waals surface area contributed by atoms with Gasteiger partial charge in [0.2, 0.25) is 0 Å². The van der Waals surface area contributed by atoms with Crippen molar-refractivity contribution in [3.63, 3.8) is 0 Å². The van der Waals surface area contributed by atoms with Gasteiger partial charge in [0.05, 0.1) is 0 Å². The molecule has 1 spiro atoms. The van der Waals surface area contributed by atoms with Gasteiger partial charge in [-0.15, -0.1) is 0 Å². The van der Waals surface area contributed by atoms with E-state index in [1.165, 1.54) is 5.56 Å².